The van der Waals surface area contributed by atoms with Crippen molar-refractivity contribution in [2.45, 2.75) is 11.8 Å². The van der Waals surface area contributed by atoms with Crippen molar-refractivity contribution in [3.8, 4) is 0 Å². The molecule has 0 saturated carbocycles. The van der Waals surface area contributed by atoms with Gasteiger partial charge in [0.2, 0.25) is 0 Å². The quantitative estimate of drug-likeness (QED) is 0.573. The number of hydrogen-bond acceptors (Lipinski definition) is 0. The van der Waals surface area contributed by atoms with Crippen LogP contribution in [-0.2, 0) is 6.42 Å². The maximum Gasteiger partial charge on any atom is 0.123 e. The molecule has 0 aliphatic heterocycles. The minimum Gasteiger partial charge on any atom is -0.207 e. The van der Waals surface area contributed by atoms with Crippen LogP contribution in [0.5, 0.6) is 0 Å². The second kappa shape index (κ2) is 6.18. The summed E-state index contributed by atoms with van der Waals surface area (Å²) in [5, 5.41) is -0.196. The number of alkyl halides is 1. The van der Waals surface area contributed by atoms with Gasteiger partial charge < -0.3 is 0 Å². The number of benzene rings is 2. The first-order valence-corrected chi connectivity index (χ1v) is 7.42. The third kappa shape index (κ3) is 3.56. The van der Waals surface area contributed by atoms with Gasteiger partial charge in [-0.05, 0) is 47.9 Å². The van der Waals surface area contributed by atoms with E-state index in [1.807, 2.05) is 24.3 Å². The van der Waals surface area contributed by atoms with Gasteiger partial charge in [-0.25, -0.2) is 4.39 Å². The van der Waals surface area contributed by atoms with Crippen LogP contribution in [0.4, 0.5) is 4.39 Å². The fourth-order valence-electron chi connectivity index (χ4n) is 1.74. The van der Waals surface area contributed by atoms with Crippen LogP contribution < -0.4 is 0 Å². The lowest BCUT2D eigenvalue weighted by Crippen LogP contribution is -1.97. The Hall–Kier alpha value is -0.380. The Morgan fingerprint density at radius 2 is 1.89 bits per heavy atom. The normalized spacial score (nSPS) is 12.4. The molecule has 2 aromatic carbocycles. The van der Waals surface area contributed by atoms with E-state index < -0.39 is 0 Å². The lowest BCUT2D eigenvalue weighted by molar-refractivity contribution is 0.625. The summed E-state index contributed by atoms with van der Waals surface area (Å²) in [5.41, 5.74) is 1.89. The fourth-order valence-corrected chi connectivity index (χ4v) is 3.13. The molecular formula is C14H10Br2ClF. The van der Waals surface area contributed by atoms with Crippen molar-refractivity contribution in [1.29, 1.82) is 0 Å². The summed E-state index contributed by atoms with van der Waals surface area (Å²) < 4.78 is 15.0. The molecule has 0 aliphatic rings. The molecule has 0 bridgehead atoms. The van der Waals surface area contributed by atoms with Crippen molar-refractivity contribution in [3.63, 3.8) is 0 Å². The first-order chi connectivity index (χ1) is 8.56. The zero-order valence-electron chi connectivity index (χ0n) is 9.34. The van der Waals surface area contributed by atoms with Gasteiger partial charge in [0.05, 0.1) is 5.38 Å². The summed E-state index contributed by atoms with van der Waals surface area (Å²) in [5.74, 6) is -0.232. The maximum atomic E-state index is 13.1. The zero-order chi connectivity index (χ0) is 13.1. The predicted octanol–water partition coefficient (Wildman–Crippen LogP) is 5.87. The lowest BCUT2D eigenvalue weighted by Gasteiger charge is -2.12. The molecule has 18 heavy (non-hydrogen) atoms. The smallest absolute Gasteiger partial charge is 0.123 e. The van der Waals surface area contributed by atoms with Gasteiger partial charge in [-0.3, -0.25) is 0 Å². The second-order valence-corrected chi connectivity index (χ2v) is 6.26. The molecule has 0 N–H and O–H groups in total. The van der Waals surface area contributed by atoms with Crippen LogP contribution in [0.2, 0.25) is 0 Å². The van der Waals surface area contributed by atoms with E-state index in [-0.39, 0.29) is 11.2 Å². The van der Waals surface area contributed by atoms with Gasteiger partial charge in [0.25, 0.3) is 0 Å². The van der Waals surface area contributed by atoms with E-state index in [1.165, 1.54) is 12.1 Å². The SMILES string of the molecule is Fc1cccc(CC(Cl)c2cc(Br)ccc2Br)c1. The highest BCUT2D eigenvalue weighted by atomic mass is 79.9. The summed E-state index contributed by atoms with van der Waals surface area (Å²) >= 11 is 13.3. The average molecular weight is 392 g/mol. The van der Waals surface area contributed by atoms with Crippen molar-refractivity contribution >= 4 is 43.5 Å². The Bertz CT molecular complexity index is 557. The Balaban J connectivity index is 2.21. The topological polar surface area (TPSA) is 0 Å². The third-order valence-electron chi connectivity index (χ3n) is 2.60. The van der Waals surface area contributed by atoms with Crippen LogP contribution in [-0.4, -0.2) is 0 Å². The molecule has 2 aromatic rings. The van der Waals surface area contributed by atoms with E-state index in [4.69, 9.17) is 11.6 Å². The van der Waals surface area contributed by atoms with Gasteiger partial charge in [0, 0.05) is 8.95 Å². The molecule has 1 unspecified atom stereocenters. The highest BCUT2D eigenvalue weighted by Gasteiger charge is 2.13. The lowest BCUT2D eigenvalue weighted by atomic mass is 10.0. The van der Waals surface area contributed by atoms with Gasteiger partial charge in [-0.15, -0.1) is 11.6 Å². The van der Waals surface area contributed by atoms with Crippen LogP contribution in [0.1, 0.15) is 16.5 Å². The van der Waals surface area contributed by atoms with Gasteiger partial charge in [0.15, 0.2) is 0 Å². The fraction of sp³-hybridized carbons (Fsp3) is 0.143. The number of hydrogen-bond donors (Lipinski definition) is 0. The molecule has 0 aliphatic carbocycles. The Kier molecular flexibility index (Phi) is 4.82. The first-order valence-electron chi connectivity index (χ1n) is 5.40. The van der Waals surface area contributed by atoms with Crippen LogP contribution in [0.25, 0.3) is 0 Å². The number of halogens is 4. The minimum absolute atomic E-state index is 0.196. The van der Waals surface area contributed by atoms with E-state index in [2.05, 4.69) is 31.9 Å². The van der Waals surface area contributed by atoms with Crippen molar-refractivity contribution < 1.29 is 4.39 Å². The monoisotopic (exact) mass is 390 g/mol. The summed E-state index contributed by atoms with van der Waals surface area (Å²) in [4.78, 5) is 0. The molecule has 0 aromatic heterocycles. The predicted molar refractivity (Wildman–Crippen MR) is 80.5 cm³/mol. The standard InChI is InChI=1S/C14H10Br2ClF/c15-10-4-5-13(16)12(8-10)14(17)7-9-2-1-3-11(18)6-9/h1-6,8,14H,7H2. The van der Waals surface area contributed by atoms with E-state index in [9.17, 15) is 4.39 Å². The van der Waals surface area contributed by atoms with E-state index >= 15 is 0 Å². The van der Waals surface area contributed by atoms with Crippen LogP contribution in [0.3, 0.4) is 0 Å². The van der Waals surface area contributed by atoms with Crippen molar-refractivity contribution in [1.82, 2.24) is 0 Å². The molecule has 94 valence electrons. The van der Waals surface area contributed by atoms with Gasteiger partial charge >= 0.3 is 0 Å². The first kappa shape index (κ1) is 14.0. The largest absolute Gasteiger partial charge is 0.207 e. The zero-order valence-corrected chi connectivity index (χ0v) is 13.3. The van der Waals surface area contributed by atoms with Crippen LogP contribution in [0.15, 0.2) is 51.4 Å². The van der Waals surface area contributed by atoms with Crippen molar-refractivity contribution in [2.75, 3.05) is 0 Å². The van der Waals surface area contributed by atoms with Crippen molar-refractivity contribution in [2.24, 2.45) is 0 Å². The maximum absolute atomic E-state index is 13.1. The molecule has 0 nitrogen and oxygen atoms in total. The van der Waals surface area contributed by atoms with Gasteiger partial charge in [-0.1, -0.05) is 44.0 Å². The summed E-state index contributed by atoms with van der Waals surface area (Å²) in [7, 11) is 0. The van der Waals surface area contributed by atoms with Crippen LogP contribution >= 0.6 is 43.5 Å². The molecule has 0 heterocycles. The molecule has 0 saturated heterocycles. The molecule has 0 amide bonds. The minimum atomic E-state index is -0.232. The summed E-state index contributed by atoms with van der Waals surface area (Å²) in [6.45, 7) is 0. The molecule has 0 spiro atoms. The van der Waals surface area contributed by atoms with E-state index in [0.717, 1.165) is 20.1 Å². The molecule has 4 heteroatoms. The Morgan fingerprint density at radius 3 is 2.61 bits per heavy atom. The number of rotatable bonds is 3. The van der Waals surface area contributed by atoms with E-state index in [1.54, 1.807) is 6.07 Å². The summed E-state index contributed by atoms with van der Waals surface area (Å²) in [6, 6.07) is 12.4. The highest BCUT2D eigenvalue weighted by molar-refractivity contribution is 9.11. The molecule has 2 rings (SSSR count). The average Bonchev–Trinajstić information content (AvgIpc) is 2.32. The Labute approximate surface area is 127 Å². The van der Waals surface area contributed by atoms with Crippen molar-refractivity contribution in [3.05, 3.63) is 68.4 Å². The molecular weight excluding hydrogens is 382 g/mol. The molecule has 0 radical (unpaired) electrons. The second-order valence-electron chi connectivity index (χ2n) is 3.97. The Morgan fingerprint density at radius 1 is 1.11 bits per heavy atom. The highest BCUT2D eigenvalue weighted by Crippen LogP contribution is 2.33. The third-order valence-corrected chi connectivity index (χ3v) is 4.20. The molecule has 0 fully saturated rings. The van der Waals surface area contributed by atoms with E-state index in [0.29, 0.717) is 6.42 Å². The van der Waals surface area contributed by atoms with Crippen LogP contribution in [0, 0.1) is 5.82 Å². The van der Waals surface area contributed by atoms with Gasteiger partial charge in [-0.2, -0.15) is 0 Å². The van der Waals surface area contributed by atoms with Gasteiger partial charge in [0.1, 0.15) is 5.82 Å². The summed E-state index contributed by atoms with van der Waals surface area (Å²) in [6.07, 6.45) is 0.592. The molecule has 1 atom stereocenters.